The maximum Gasteiger partial charge on any atom is 0.332 e. The first-order chi connectivity index (χ1) is 14.5. The number of hydrogen-bond acceptors (Lipinski definition) is 7. The molecule has 31 heavy (non-hydrogen) atoms. The number of fused-ring (bicyclic) bond motifs is 1. The van der Waals surface area contributed by atoms with Crippen LogP contribution in [0.3, 0.4) is 0 Å². The number of carbonyl (C=O) groups excluding carboxylic acids is 1. The van der Waals surface area contributed by atoms with Crippen molar-refractivity contribution < 1.29 is 14.3 Å². The van der Waals surface area contributed by atoms with E-state index in [2.05, 4.69) is 4.99 Å². The Morgan fingerprint density at radius 2 is 1.97 bits per heavy atom. The highest BCUT2D eigenvalue weighted by Gasteiger charge is 2.45. The first-order valence-electron chi connectivity index (χ1n) is 10.5. The predicted octanol–water partition coefficient (Wildman–Crippen LogP) is 2.84. The van der Waals surface area contributed by atoms with Crippen molar-refractivity contribution in [3.05, 3.63) is 31.3 Å². The van der Waals surface area contributed by atoms with Gasteiger partial charge in [-0.15, -0.1) is 11.3 Å². The van der Waals surface area contributed by atoms with E-state index in [9.17, 15) is 14.4 Å². The van der Waals surface area contributed by atoms with E-state index in [0.717, 1.165) is 29.7 Å². The van der Waals surface area contributed by atoms with Crippen molar-refractivity contribution in [1.82, 2.24) is 9.13 Å². The minimum absolute atomic E-state index is 0.107. The van der Waals surface area contributed by atoms with Gasteiger partial charge in [-0.1, -0.05) is 6.92 Å². The molecule has 0 saturated heterocycles. The zero-order valence-electron chi connectivity index (χ0n) is 19.1. The Labute approximate surface area is 185 Å². The molecule has 0 amide bonds. The van der Waals surface area contributed by atoms with E-state index < -0.39 is 11.6 Å². The number of esters is 1. The number of aliphatic imine (C=N–C) groups is 1. The Hall–Kier alpha value is -2.26. The van der Waals surface area contributed by atoms with Gasteiger partial charge in [0.1, 0.15) is 17.0 Å². The number of methoxy groups -OCH3 is 1. The minimum atomic E-state index is -0.569. The molecule has 0 atom stereocenters. The van der Waals surface area contributed by atoms with E-state index in [1.807, 2.05) is 13.8 Å². The second-order valence-electron chi connectivity index (χ2n) is 8.97. The van der Waals surface area contributed by atoms with Crippen molar-refractivity contribution in [2.45, 2.75) is 71.6 Å². The van der Waals surface area contributed by atoms with Gasteiger partial charge in [0.2, 0.25) is 0 Å². The molecule has 9 heteroatoms. The van der Waals surface area contributed by atoms with Gasteiger partial charge in [0, 0.05) is 13.3 Å². The first-order valence-corrected chi connectivity index (χ1v) is 11.4. The van der Waals surface area contributed by atoms with Crippen LogP contribution in [0.4, 0.5) is 0 Å². The third kappa shape index (κ3) is 4.67. The Balaban J connectivity index is 2.07. The molecule has 1 fully saturated rings. The summed E-state index contributed by atoms with van der Waals surface area (Å²) in [4.78, 5) is 44.2. The average Bonchev–Trinajstić information content (AvgIpc) is 3.39. The Morgan fingerprint density at radius 1 is 1.29 bits per heavy atom. The summed E-state index contributed by atoms with van der Waals surface area (Å²) >= 11 is 1.33. The SMILES string of the molecule is CCC1(n2c(=O)c3c(C)c(C=NCC(=O)OC(C)(C)C)sc3n(CCOC)c2=O)CC1. The fourth-order valence-electron chi connectivity index (χ4n) is 3.74. The molecule has 0 unspecified atom stereocenters. The highest BCUT2D eigenvalue weighted by Crippen LogP contribution is 2.45. The maximum absolute atomic E-state index is 13.4. The van der Waals surface area contributed by atoms with Crippen LogP contribution in [0.25, 0.3) is 10.2 Å². The quantitative estimate of drug-likeness (QED) is 0.456. The summed E-state index contributed by atoms with van der Waals surface area (Å²) in [5.74, 6) is -0.416. The van der Waals surface area contributed by atoms with E-state index in [1.165, 1.54) is 15.9 Å². The summed E-state index contributed by atoms with van der Waals surface area (Å²) in [5, 5.41) is 0.541. The van der Waals surface area contributed by atoms with Gasteiger partial charge in [-0.25, -0.2) is 4.79 Å². The number of nitrogens with zero attached hydrogens (tertiary/aromatic N) is 3. The molecule has 1 saturated carbocycles. The maximum atomic E-state index is 13.4. The zero-order chi connectivity index (χ0) is 23.0. The van der Waals surface area contributed by atoms with Crippen molar-refractivity contribution in [3.8, 4) is 0 Å². The van der Waals surface area contributed by atoms with Crippen molar-refractivity contribution in [3.63, 3.8) is 0 Å². The average molecular weight is 450 g/mol. The lowest BCUT2D eigenvalue weighted by atomic mass is 10.1. The third-order valence-electron chi connectivity index (χ3n) is 5.58. The molecular weight excluding hydrogens is 418 g/mol. The standard InChI is InChI=1S/C22H31N3O5S/c1-7-22(8-9-22)25-18(27)17-14(2)15(12-23-13-16(26)30-21(3,4)5)31-19(17)24(20(25)28)10-11-29-6/h12H,7-11,13H2,1-6H3. The molecule has 1 aliphatic carbocycles. The zero-order valence-corrected chi connectivity index (χ0v) is 19.9. The molecule has 2 aromatic heterocycles. The topological polar surface area (TPSA) is 91.9 Å². The van der Waals surface area contributed by atoms with Crippen LogP contribution in [0.1, 0.15) is 57.4 Å². The molecule has 1 aliphatic rings. The van der Waals surface area contributed by atoms with Gasteiger partial charge in [0.05, 0.1) is 29.0 Å². The lowest BCUT2D eigenvalue weighted by Gasteiger charge is -2.18. The molecular formula is C22H31N3O5S. The fourth-order valence-corrected chi connectivity index (χ4v) is 4.95. The second kappa shape index (κ2) is 8.70. The van der Waals surface area contributed by atoms with Crippen LogP contribution < -0.4 is 11.2 Å². The predicted molar refractivity (Wildman–Crippen MR) is 123 cm³/mol. The minimum Gasteiger partial charge on any atom is -0.459 e. The number of thiophene rings is 1. The van der Waals surface area contributed by atoms with Gasteiger partial charge in [0.25, 0.3) is 5.56 Å². The number of aryl methyl sites for hydroxylation is 1. The summed E-state index contributed by atoms with van der Waals surface area (Å²) in [5.41, 5.74) is -0.706. The normalized spacial score (nSPS) is 15.7. The van der Waals surface area contributed by atoms with Crippen molar-refractivity contribution in [2.24, 2.45) is 4.99 Å². The van der Waals surface area contributed by atoms with Crippen molar-refractivity contribution in [2.75, 3.05) is 20.3 Å². The molecule has 2 heterocycles. The lowest BCUT2D eigenvalue weighted by molar-refractivity contribution is -0.152. The van der Waals surface area contributed by atoms with Crippen LogP contribution in [0, 0.1) is 6.92 Å². The number of rotatable bonds is 8. The summed E-state index contributed by atoms with van der Waals surface area (Å²) < 4.78 is 13.6. The largest absolute Gasteiger partial charge is 0.459 e. The van der Waals surface area contributed by atoms with E-state index in [1.54, 1.807) is 38.7 Å². The van der Waals surface area contributed by atoms with Gasteiger partial charge >= 0.3 is 11.7 Å². The molecule has 0 radical (unpaired) electrons. The highest BCUT2D eigenvalue weighted by molar-refractivity contribution is 7.20. The van der Waals surface area contributed by atoms with Crippen LogP contribution in [-0.2, 0) is 26.4 Å². The fraction of sp³-hybridized carbons (Fsp3) is 0.636. The molecule has 0 bridgehead atoms. The van der Waals surface area contributed by atoms with Gasteiger partial charge < -0.3 is 9.47 Å². The van der Waals surface area contributed by atoms with Crippen molar-refractivity contribution >= 4 is 33.7 Å². The van der Waals surface area contributed by atoms with Crippen LogP contribution in [-0.4, -0.2) is 47.2 Å². The lowest BCUT2D eigenvalue weighted by Crippen LogP contribution is -2.45. The molecule has 8 nitrogen and oxygen atoms in total. The van der Waals surface area contributed by atoms with Crippen LogP contribution in [0.2, 0.25) is 0 Å². The van der Waals surface area contributed by atoms with Crippen LogP contribution in [0.15, 0.2) is 14.6 Å². The Kier molecular flexibility index (Phi) is 6.57. The second-order valence-corrected chi connectivity index (χ2v) is 10.0. The van der Waals surface area contributed by atoms with Crippen molar-refractivity contribution in [1.29, 1.82) is 0 Å². The third-order valence-corrected chi connectivity index (χ3v) is 6.83. The number of ether oxygens (including phenoxy) is 2. The summed E-state index contributed by atoms with van der Waals surface area (Å²) in [7, 11) is 1.58. The van der Waals surface area contributed by atoms with Gasteiger partial charge in [0.15, 0.2) is 0 Å². The van der Waals surface area contributed by atoms with E-state index >= 15 is 0 Å². The van der Waals surface area contributed by atoms with E-state index in [-0.39, 0.29) is 23.3 Å². The highest BCUT2D eigenvalue weighted by atomic mass is 32.1. The smallest absolute Gasteiger partial charge is 0.332 e. The summed E-state index contributed by atoms with van der Waals surface area (Å²) in [6.45, 7) is 9.90. The Morgan fingerprint density at radius 3 is 2.52 bits per heavy atom. The summed E-state index contributed by atoms with van der Waals surface area (Å²) in [6.07, 6.45) is 4.00. The first kappa shape index (κ1) is 23.4. The monoisotopic (exact) mass is 449 g/mol. The molecule has 0 aromatic carbocycles. The number of carbonyl (C=O) groups is 1. The Bertz CT molecular complexity index is 1130. The molecule has 170 valence electrons. The molecule has 3 rings (SSSR count). The number of hydrogen-bond donors (Lipinski definition) is 0. The molecule has 0 spiro atoms. The molecule has 0 aliphatic heterocycles. The summed E-state index contributed by atoms with van der Waals surface area (Å²) in [6, 6.07) is 0. The van der Waals surface area contributed by atoms with Gasteiger partial charge in [-0.05, 0) is 52.5 Å². The van der Waals surface area contributed by atoms with E-state index in [4.69, 9.17) is 9.47 Å². The van der Waals surface area contributed by atoms with Crippen LogP contribution >= 0.6 is 11.3 Å². The van der Waals surface area contributed by atoms with Crippen LogP contribution in [0.5, 0.6) is 0 Å². The van der Waals surface area contributed by atoms with E-state index in [0.29, 0.717) is 23.4 Å². The number of aromatic nitrogens is 2. The van der Waals surface area contributed by atoms with Gasteiger partial charge in [-0.3, -0.25) is 23.7 Å². The molecule has 2 aromatic rings. The van der Waals surface area contributed by atoms with Gasteiger partial charge in [-0.2, -0.15) is 0 Å². The molecule has 0 N–H and O–H groups in total.